The highest BCUT2D eigenvalue weighted by Gasteiger charge is 2.42. The molecule has 2 aromatic rings. The lowest BCUT2D eigenvalue weighted by Crippen LogP contribution is -2.49. The van der Waals surface area contributed by atoms with E-state index < -0.39 is 12.1 Å². The van der Waals surface area contributed by atoms with Crippen molar-refractivity contribution in [2.75, 3.05) is 45.9 Å². The van der Waals surface area contributed by atoms with Crippen molar-refractivity contribution in [3.63, 3.8) is 0 Å². The minimum Gasteiger partial charge on any atom is -0.379 e. The Morgan fingerprint density at radius 2 is 1.51 bits per heavy atom. The zero-order chi connectivity index (χ0) is 27.7. The second kappa shape index (κ2) is 11.6. The Morgan fingerprint density at radius 1 is 0.897 bits per heavy atom. The van der Waals surface area contributed by atoms with Crippen molar-refractivity contribution < 1.29 is 27.5 Å². The number of hydrazine groups is 1. The SMILES string of the molecule is O=C(c1ccc(-c2cc(Cl)c(CC3CCN(N4CCOCC4)C3=O)c(Cl)c2)cc1)N1CCC(C(F)(F)F)CC1. The first-order valence-electron chi connectivity index (χ1n) is 13.2. The van der Waals surface area contributed by atoms with Gasteiger partial charge in [0.2, 0.25) is 5.91 Å². The number of alkyl halides is 3. The monoisotopic (exact) mass is 583 g/mol. The third-order valence-electron chi connectivity index (χ3n) is 7.92. The highest BCUT2D eigenvalue weighted by Crippen LogP contribution is 2.37. The van der Waals surface area contributed by atoms with Crippen LogP contribution >= 0.6 is 23.2 Å². The van der Waals surface area contributed by atoms with Crippen LogP contribution in [0.3, 0.4) is 0 Å². The summed E-state index contributed by atoms with van der Waals surface area (Å²) in [6.45, 7) is 3.48. The molecule has 1 unspecified atom stereocenters. The van der Waals surface area contributed by atoms with Gasteiger partial charge in [-0.15, -0.1) is 0 Å². The summed E-state index contributed by atoms with van der Waals surface area (Å²) in [6.07, 6.45) is -3.18. The Kier molecular flexibility index (Phi) is 8.42. The molecule has 39 heavy (non-hydrogen) atoms. The molecule has 5 rings (SSSR count). The number of carbonyl (C=O) groups excluding carboxylic acids is 2. The molecule has 0 N–H and O–H groups in total. The first-order valence-corrected chi connectivity index (χ1v) is 14.0. The van der Waals surface area contributed by atoms with E-state index in [9.17, 15) is 22.8 Å². The number of hydrogen-bond donors (Lipinski definition) is 0. The van der Waals surface area contributed by atoms with E-state index >= 15 is 0 Å². The molecule has 0 saturated carbocycles. The molecule has 210 valence electrons. The van der Waals surface area contributed by atoms with Gasteiger partial charge in [-0.2, -0.15) is 13.2 Å². The van der Waals surface area contributed by atoms with E-state index in [1.807, 2.05) is 5.01 Å². The molecule has 0 bridgehead atoms. The van der Waals surface area contributed by atoms with Crippen LogP contribution < -0.4 is 0 Å². The van der Waals surface area contributed by atoms with Crippen LogP contribution in [0.5, 0.6) is 0 Å². The smallest absolute Gasteiger partial charge is 0.379 e. The summed E-state index contributed by atoms with van der Waals surface area (Å²) in [5, 5.41) is 4.83. The quantitative estimate of drug-likeness (QED) is 0.452. The molecule has 3 aliphatic rings. The first-order chi connectivity index (χ1) is 18.6. The number of halogens is 5. The standard InChI is InChI=1S/C28H30Cl2F3N3O3/c29-24-16-21(17-25(30)23(24)15-20-5-10-36(27(20)38)35-11-13-39-14-12-35)18-1-3-19(4-2-18)26(37)34-8-6-22(7-9-34)28(31,32)33/h1-4,16-17,20,22H,5-15H2. The Hall–Kier alpha value is -2.33. The first kappa shape index (κ1) is 28.2. The zero-order valence-corrected chi connectivity index (χ0v) is 22.9. The van der Waals surface area contributed by atoms with E-state index in [1.54, 1.807) is 36.4 Å². The lowest BCUT2D eigenvalue weighted by molar-refractivity contribution is -0.183. The minimum atomic E-state index is -4.22. The van der Waals surface area contributed by atoms with Crippen molar-refractivity contribution in [2.45, 2.75) is 31.9 Å². The predicted octanol–water partition coefficient (Wildman–Crippen LogP) is 5.71. The summed E-state index contributed by atoms with van der Waals surface area (Å²) < 4.78 is 44.2. The summed E-state index contributed by atoms with van der Waals surface area (Å²) in [7, 11) is 0. The van der Waals surface area contributed by atoms with Gasteiger partial charge in [-0.25, -0.2) is 5.01 Å². The molecule has 1 atom stereocenters. The molecule has 0 radical (unpaired) electrons. The van der Waals surface area contributed by atoms with Crippen LogP contribution in [0.2, 0.25) is 10.0 Å². The topological polar surface area (TPSA) is 53.1 Å². The summed E-state index contributed by atoms with van der Waals surface area (Å²) in [6, 6.07) is 10.5. The van der Waals surface area contributed by atoms with Gasteiger partial charge in [-0.05, 0) is 66.6 Å². The van der Waals surface area contributed by atoms with E-state index in [0.717, 1.165) is 23.1 Å². The number of nitrogens with zero attached hydrogens (tertiary/aromatic N) is 3. The Morgan fingerprint density at radius 3 is 2.10 bits per heavy atom. The van der Waals surface area contributed by atoms with Crippen LogP contribution in [-0.4, -0.2) is 78.8 Å². The molecule has 0 spiro atoms. The van der Waals surface area contributed by atoms with Gasteiger partial charge in [-0.3, -0.25) is 14.6 Å². The van der Waals surface area contributed by atoms with Crippen LogP contribution in [0.25, 0.3) is 11.1 Å². The zero-order valence-electron chi connectivity index (χ0n) is 21.4. The summed E-state index contributed by atoms with van der Waals surface area (Å²) in [5.74, 6) is -1.74. The van der Waals surface area contributed by atoms with E-state index in [0.29, 0.717) is 54.9 Å². The van der Waals surface area contributed by atoms with Crippen molar-refractivity contribution in [1.82, 2.24) is 14.9 Å². The van der Waals surface area contributed by atoms with Crippen molar-refractivity contribution in [1.29, 1.82) is 0 Å². The summed E-state index contributed by atoms with van der Waals surface area (Å²) >= 11 is 13.3. The maximum absolute atomic E-state index is 13.1. The van der Waals surface area contributed by atoms with Crippen LogP contribution in [0, 0.1) is 11.8 Å². The van der Waals surface area contributed by atoms with E-state index in [4.69, 9.17) is 27.9 Å². The number of ether oxygens (including phenoxy) is 1. The number of likely N-dealkylation sites (tertiary alicyclic amines) is 1. The predicted molar refractivity (Wildman–Crippen MR) is 142 cm³/mol. The van der Waals surface area contributed by atoms with Crippen molar-refractivity contribution in [3.8, 4) is 11.1 Å². The third-order valence-corrected chi connectivity index (χ3v) is 8.60. The Labute approximate surface area is 235 Å². The number of amides is 2. The van der Waals surface area contributed by atoms with Gasteiger partial charge in [0.1, 0.15) is 0 Å². The van der Waals surface area contributed by atoms with Gasteiger partial charge in [-0.1, -0.05) is 35.3 Å². The molecule has 2 amide bonds. The molecule has 6 nitrogen and oxygen atoms in total. The fourth-order valence-electron chi connectivity index (χ4n) is 5.60. The number of benzene rings is 2. The van der Waals surface area contributed by atoms with Gasteiger partial charge in [0.25, 0.3) is 5.91 Å². The Bertz CT molecular complexity index is 1190. The Balaban J connectivity index is 1.23. The van der Waals surface area contributed by atoms with Gasteiger partial charge in [0.15, 0.2) is 0 Å². The molecule has 3 heterocycles. The normalized spacial score (nSPS) is 21.6. The lowest BCUT2D eigenvalue weighted by Gasteiger charge is -2.34. The highest BCUT2D eigenvalue weighted by atomic mass is 35.5. The highest BCUT2D eigenvalue weighted by molar-refractivity contribution is 6.36. The van der Waals surface area contributed by atoms with E-state index in [1.165, 1.54) is 4.90 Å². The lowest BCUT2D eigenvalue weighted by atomic mass is 9.95. The molecule has 3 aliphatic heterocycles. The summed E-state index contributed by atoms with van der Waals surface area (Å²) in [5.41, 5.74) is 2.72. The molecule has 0 aromatic heterocycles. The largest absolute Gasteiger partial charge is 0.391 e. The number of rotatable bonds is 5. The fourth-order valence-corrected chi connectivity index (χ4v) is 6.24. The number of hydrogen-bond acceptors (Lipinski definition) is 4. The third kappa shape index (κ3) is 6.21. The van der Waals surface area contributed by atoms with Crippen molar-refractivity contribution >= 4 is 35.0 Å². The molecule has 0 aliphatic carbocycles. The van der Waals surface area contributed by atoms with Crippen molar-refractivity contribution in [3.05, 3.63) is 57.6 Å². The van der Waals surface area contributed by atoms with E-state index in [2.05, 4.69) is 5.01 Å². The van der Waals surface area contributed by atoms with Crippen molar-refractivity contribution in [2.24, 2.45) is 11.8 Å². The van der Waals surface area contributed by atoms with Gasteiger partial charge in [0, 0.05) is 54.3 Å². The second-order valence-corrected chi connectivity index (χ2v) is 11.1. The minimum absolute atomic E-state index is 0.0750. The van der Waals surface area contributed by atoms with Gasteiger partial charge in [0.05, 0.1) is 19.1 Å². The van der Waals surface area contributed by atoms with Gasteiger partial charge < -0.3 is 9.64 Å². The summed E-state index contributed by atoms with van der Waals surface area (Å²) in [4.78, 5) is 27.4. The average molecular weight is 584 g/mol. The fraction of sp³-hybridized carbons (Fsp3) is 0.500. The maximum atomic E-state index is 13.1. The number of piperidine rings is 1. The molecule has 3 saturated heterocycles. The van der Waals surface area contributed by atoms with Crippen LogP contribution in [-0.2, 0) is 16.0 Å². The molecular formula is C28H30Cl2F3N3O3. The van der Waals surface area contributed by atoms with E-state index in [-0.39, 0.29) is 43.7 Å². The number of morpholine rings is 1. The average Bonchev–Trinajstić information content (AvgIpc) is 3.30. The molecule has 3 fully saturated rings. The van der Waals surface area contributed by atoms with Gasteiger partial charge >= 0.3 is 6.18 Å². The molecule has 11 heteroatoms. The van der Waals surface area contributed by atoms with Crippen LogP contribution in [0.15, 0.2) is 36.4 Å². The molecule has 2 aromatic carbocycles. The second-order valence-electron chi connectivity index (χ2n) is 10.3. The maximum Gasteiger partial charge on any atom is 0.391 e. The van der Waals surface area contributed by atoms with Crippen LogP contribution in [0.1, 0.15) is 35.2 Å². The number of carbonyl (C=O) groups is 2. The van der Waals surface area contributed by atoms with Crippen LogP contribution in [0.4, 0.5) is 13.2 Å². The molecular weight excluding hydrogens is 554 g/mol.